The van der Waals surface area contributed by atoms with Gasteiger partial charge >= 0.3 is 5.97 Å². The van der Waals surface area contributed by atoms with Crippen molar-refractivity contribution < 1.29 is 14.8 Å². The summed E-state index contributed by atoms with van der Waals surface area (Å²) in [6, 6.07) is 4.96. The fraction of sp³-hybridized carbons (Fsp3) is 0.533. The molecule has 0 bridgehead atoms. The summed E-state index contributed by atoms with van der Waals surface area (Å²) in [5.41, 5.74) is 0.313. The maximum absolute atomic E-state index is 11.8. The highest BCUT2D eigenvalue weighted by Crippen LogP contribution is 2.39. The van der Waals surface area contributed by atoms with Gasteiger partial charge in [-0.05, 0) is 32.3 Å². The second-order valence-corrected chi connectivity index (χ2v) is 5.57. The smallest absolute Gasteiger partial charge is 0.329 e. The molecule has 0 amide bonds. The lowest BCUT2D eigenvalue weighted by atomic mass is 9.90. The Morgan fingerprint density at radius 2 is 2.24 bits per heavy atom. The van der Waals surface area contributed by atoms with E-state index in [0.717, 1.165) is 12.8 Å². The van der Waals surface area contributed by atoms with Gasteiger partial charge in [-0.1, -0.05) is 19.4 Å². The molecule has 6 nitrogen and oxygen atoms in total. The zero-order chi connectivity index (χ0) is 15.6. The van der Waals surface area contributed by atoms with Gasteiger partial charge in [-0.25, -0.2) is 4.79 Å². The number of carboxylic acid groups (broad SMARTS) is 1. The average molecular weight is 292 g/mol. The third kappa shape index (κ3) is 2.57. The predicted octanol–water partition coefficient (Wildman–Crippen LogP) is 3.13. The van der Waals surface area contributed by atoms with E-state index in [2.05, 4.69) is 0 Å². The molecule has 114 valence electrons. The van der Waals surface area contributed by atoms with Crippen LogP contribution in [0.5, 0.6) is 0 Å². The van der Waals surface area contributed by atoms with Crippen LogP contribution >= 0.6 is 0 Å². The molecule has 2 rings (SSSR count). The molecule has 0 radical (unpaired) electrons. The molecular formula is C15H20N2O4. The molecule has 0 aliphatic carbocycles. The number of carboxylic acids is 1. The molecule has 1 unspecified atom stereocenters. The molecular weight excluding hydrogens is 272 g/mol. The van der Waals surface area contributed by atoms with Crippen LogP contribution in [-0.2, 0) is 4.79 Å². The van der Waals surface area contributed by atoms with Crippen molar-refractivity contribution in [1.82, 2.24) is 0 Å². The zero-order valence-corrected chi connectivity index (χ0v) is 12.3. The lowest BCUT2D eigenvalue weighted by molar-refractivity contribution is -0.385. The lowest BCUT2D eigenvalue weighted by Crippen LogP contribution is -2.50. The topological polar surface area (TPSA) is 83.7 Å². The third-order valence-electron chi connectivity index (χ3n) is 4.25. The van der Waals surface area contributed by atoms with Crippen LogP contribution in [0, 0.1) is 17.0 Å². The Bertz CT molecular complexity index is 573. The molecule has 6 heteroatoms. The van der Waals surface area contributed by atoms with E-state index in [1.807, 2.05) is 11.8 Å². The molecule has 1 aromatic rings. The van der Waals surface area contributed by atoms with Crippen LogP contribution in [0.2, 0.25) is 0 Å². The Balaban J connectivity index is 2.46. The number of hydrogen-bond acceptors (Lipinski definition) is 4. The van der Waals surface area contributed by atoms with Gasteiger partial charge in [-0.2, -0.15) is 0 Å². The first-order valence-corrected chi connectivity index (χ1v) is 7.18. The normalized spacial score (nSPS) is 21.5. The summed E-state index contributed by atoms with van der Waals surface area (Å²) < 4.78 is 0. The second-order valence-electron chi connectivity index (χ2n) is 5.57. The Morgan fingerprint density at radius 3 is 2.81 bits per heavy atom. The van der Waals surface area contributed by atoms with E-state index in [0.29, 0.717) is 30.6 Å². The van der Waals surface area contributed by atoms with Crippen LogP contribution in [0.3, 0.4) is 0 Å². The molecule has 1 saturated heterocycles. The van der Waals surface area contributed by atoms with Gasteiger partial charge in [-0.3, -0.25) is 10.1 Å². The van der Waals surface area contributed by atoms with E-state index in [1.54, 1.807) is 19.1 Å². The van der Waals surface area contributed by atoms with Crippen LogP contribution in [0.4, 0.5) is 11.4 Å². The Labute approximate surface area is 123 Å². The Kier molecular flexibility index (Phi) is 4.16. The van der Waals surface area contributed by atoms with Gasteiger partial charge in [0.2, 0.25) is 0 Å². The number of anilines is 1. The Hall–Kier alpha value is -2.11. The molecule has 1 aromatic carbocycles. The summed E-state index contributed by atoms with van der Waals surface area (Å²) >= 11 is 0. The van der Waals surface area contributed by atoms with Gasteiger partial charge < -0.3 is 10.0 Å². The molecule has 1 aliphatic rings. The summed E-state index contributed by atoms with van der Waals surface area (Å²) in [6.07, 6.45) is 2.67. The highest BCUT2D eigenvalue weighted by Gasteiger charge is 2.47. The molecule has 1 heterocycles. The van der Waals surface area contributed by atoms with E-state index in [1.165, 1.54) is 6.07 Å². The predicted molar refractivity (Wildman–Crippen MR) is 79.7 cm³/mol. The van der Waals surface area contributed by atoms with Crippen molar-refractivity contribution in [3.63, 3.8) is 0 Å². The van der Waals surface area contributed by atoms with Crippen molar-refractivity contribution in [3.8, 4) is 0 Å². The summed E-state index contributed by atoms with van der Waals surface area (Å²) in [5, 5.41) is 20.8. The summed E-state index contributed by atoms with van der Waals surface area (Å²) in [6.45, 7) is 4.26. The molecule has 0 saturated carbocycles. The van der Waals surface area contributed by atoms with Gasteiger partial charge in [0.1, 0.15) is 5.54 Å². The second kappa shape index (κ2) is 5.71. The quantitative estimate of drug-likeness (QED) is 0.666. The van der Waals surface area contributed by atoms with E-state index in [4.69, 9.17) is 0 Å². The number of aliphatic carboxylic acids is 1. The fourth-order valence-corrected chi connectivity index (χ4v) is 3.22. The molecule has 0 spiro atoms. The number of carbonyl (C=O) groups is 1. The first-order valence-electron chi connectivity index (χ1n) is 7.18. The van der Waals surface area contributed by atoms with E-state index in [-0.39, 0.29) is 5.69 Å². The largest absolute Gasteiger partial charge is 0.479 e. The first-order chi connectivity index (χ1) is 9.92. The van der Waals surface area contributed by atoms with Crippen molar-refractivity contribution in [2.24, 2.45) is 0 Å². The number of hydrogen-bond donors (Lipinski definition) is 1. The molecule has 1 atom stereocenters. The lowest BCUT2D eigenvalue weighted by Gasteiger charge is -2.36. The summed E-state index contributed by atoms with van der Waals surface area (Å²) in [5.74, 6) is -0.843. The first kappa shape index (κ1) is 15.3. The summed E-state index contributed by atoms with van der Waals surface area (Å²) in [4.78, 5) is 24.3. The number of rotatable bonds is 5. The Morgan fingerprint density at radius 1 is 1.52 bits per heavy atom. The van der Waals surface area contributed by atoms with E-state index < -0.39 is 16.4 Å². The standard InChI is InChI=1S/C15H20N2O4/c1-3-7-15(14(18)19)8-4-9-16(15)12-6-5-11(2)13(10-12)17(20)21/h5-6,10H,3-4,7-9H2,1-2H3,(H,18,19). The maximum Gasteiger partial charge on any atom is 0.329 e. The minimum atomic E-state index is -0.933. The maximum atomic E-state index is 11.8. The highest BCUT2D eigenvalue weighted by atomic mass is 16.6. The minimum Gasteiger partial charge on any atom is -0.479 e. The van der Waals surface area contributed by atoms with Gasteiger partial charge in [-0.15, -0.1) is 0 Å². The molecule has 1 N–H and O–H groups in total. The van der Waals surface area contributed by atoms with Crippen molar-refractivity contribution in [1.29, 1.82) is 0 Å². The minimum absolute atomic E-state index is 0.0372. The number of benzene rings is 1. The van der Waals surface area contributed by atoms with E-state index >= 15 is 0 Å². The van der Waals surface area contributed by atoms with Crippen molar-refractivity contribution in [2.45, 2.75) is 45.1 Å². The van der Waals surface area contributed by atoms with Crippen LogP contribution in [0.15, 0.2) is 18.2 Å². The van der Waals surface area contributed by atoms with Crippen molar-refractivity contribution >= 4 is 17.3 Å². The molecule has 1 aliphatic heterocycles. The molecule has 1 fully saturated rings. The number of nitrogens with zero attached hydrogens (tertiary/aromatic N) is 2. The number of aryl methyl sites for hydroxylation is 1. The molecule has 0 aromatic heterocycles. The SMILES string of the molecule is CCCC1(C(=O)O)CCCN1c1ccc(C)c([N+](=O)[O-])c1. The van der Waals surface area contributed by atoms with Gasteiger partial charge in [0.15, 0.2) is 0 Å². The van der Waals surface area contributed by atoms with Gasteiger partial charge in [0, 0.05) is 23.9 Å². The van der Waals surface area contributed by atoms with Crippen LogP contribution in [0.25, 0.3) is 0 Å². The van der Waals surface area contributed by atoms with Crippen molar-refractivity contribution in [3.05, 3.63) is 33.9 Å². The van der Waals surface area contributed by atoms with Crippen LogP contribution in [-0.4, -0.2) is 28.1 Å². The average Bonchev–Trinajstić information content (AvgIpc) is 2.84. The fourth-order valence-electron chi connectivity index (χ4n) is 3.22. The third-order valence-corrected chi connectivity index (χ3v) is 4.25. The van der Waals surface area contributed by atoms with Crippen molar-refractivity contribution in [2.75, 3.05) is 11.4 Å². The number of nitro benzene ring substituents is 1. The monoisotopic (exact) mass is 292 g/mol. The van der Waals surface area contributed by atoms with E-state index in [9.17, 15) is 20.0 Å². The van der Waals surface area contributed by atoms with Crippen LogP contribution < -0.4 is 4.90 Å². The van der Waals surface area contributed by atoms with Gasteiger partial charge in [0.05, 0.1) is 4.92 Å². The molecule has 21 heavy (non-hydrogen) atoms. The summed E-state index contributed by atoms with van der Waals surface area (Å²) in [7, 11) is 0. The number of nitro groups is 1. The zero-order valence-electron chi connectivity index (χ0n) is 12.3. The van der Waals surface area contributed by atoms with Crippen LogP contribution in [0.1, 0.15) is 38.2 Å². The highest BCUT2D eigenvalue weighted by molar-refractivity contribution is 5.84. The van der Waals surface area contributed by atoms with Gasteiger partial charge in [0.25, 0.3) is 5.69 Å².